The summed E-state index contributed by atoms with van der Waals surface area (Å²) in [6, 6.07) is 10.2. The van der Waals surface area contributed by atoms with E-state index >= 15 is 0 Å². The van der Waals surface area contributed by atoms with Crippen LogP contribution in [0.5, 0.6) is 0 Å². The summed E-state index contributed by atoms with van der Waals surface area (Å²) in [5, 5.41) is 0. The van der Waals surface area contributed by atoms with Crippen molar-refractivity contribution < 1.29 is 9.53 Å². The average molecular weight is 311 g/mol. The maximum Gasteiger partial charge on any atom is 0.334 e. The lowest BCUT2D eigenvalue weighted by molar-refractivity contribution is -0.138. The lowest BCUT2D eigenvalue weighted by Gasteiger charge is -2.33. The molecule has 0 saturated carbocycles. The lowest BCUT2D eigenvalue weighted by atomic mass is 9.89. The predicted octanol–water partition coefficient (Wildman–Crippen LogP) is 4.17. The Bertz CT molecular complexity index is 610. The molecule has 0 spiro atoms. The predicted molar refractivity (Wildman–Crippen MR) is 92.7 cm³/mol. The Balaban J connectivity index is 1.96. The molecule has 2 aliphatic rings. The molecule has 0 radical (unpaired) electrons. The number of hydrogen-bond donors (Lipinski definition) is 0. The molecule has 0 aromatic heterocycles. The van der Waals surface area contributed by atoms with Crippen LogP contribution < -0.4 is 0 Å². The van der Waals surface area contributed by atoms with Crippen LogP contribution in [-0.4, -0.2) is 30.6 Å². The number of hydrogen-bond acceptors (Lipinski definition) is 3. The van der Waals surface area contributed by atoms with Crippen molar-refractivity contribution in [2.45, 2.75) is 39.0 Å². The van der Waals surface area contributed by atoms with E-state index in [0.717, 1.165) is 42.6 Å². The fraction of sp³-hybridized carbons (Fsp3) is 0.450. The first-order valence-electron chi connectivity index (χ1n) is 8.71. The Labute approximate surface area is 138 Å². The summed E-state index contributed by atoms with van der Waals surface area (Å²) >= 11 is 0. The smallest absolute Gasteiger partial charge is 0.334 e. The molecule has 0 N–H and O–H groups in total. The van der Waals surface area contributed by atoms with E-state index in [1.165, 1.54) is 25.0 Å². The van der Waals surface area contributed by atoms with Gasteiger partial charge in [-0.1, -0.05) is 30.3 Å². The number of likely N-dealkylation sites (tertiary alicyclic amines) is 1. The Morgan fingerprint density at radius 2 is 1.83 bits per heavy atom. The molecule has 1 saturated heterocycles. The third kappa shape index (κ3) is 3.66. The Hall–Kier alpha value is -2.03. The first-order valence-corrected chi connectivity index (χ1v) is 8.71. The number of ether oxygens (including phenoxy) is 1. The normalized spacial score (nSPS) is 18.7. The third-order valence-electron chi connectivity index (χ3n) is 4.64. The molecule has 1 aliphatic carbocycles. The van der Waals surface area contributed by atoms with Gasteiger partial charge in [-0.3, -0.25) is 0 Å². The summed E-state index contributed by atoms with van der Waals surface area (Å²) in [5.41, 5.74) is 4.33. The van der Waals surface area contributed by atoms with Gasteiger partial charge in [0.05, 0.1) is 6.61 Å². The van der Waals surface area contributed by atoms with Gasteiger partial charge in [-0.2, -0.15) is 0 Å². The number of allylic oxidation sites excluding steroid dienone is 3. The van der Waals surface area contributed by atoms with E-state index in [9.17, 15) is 4.79 Å². The summed E-state index contributed by atoms with van der Waals surface area (Å²) in [6.45, 7) is 4.57. The Morgan fingerprint density at radius 3 is 2.52 bits per heavy atom. The van der Waals surface area contributed by atoms with Crippen LogP contribution in [0.3, 0.4) is 0 Å². The van der Waals surface area contributed by atoms with Gasteiger partial charge in [0.15, 0.2) is 0 Å². The molecule has 122 valence electrons. The van der Waals surface area contributed by atoms with Crippen LogP contribution in [0.2, 0.25) is 0 Å². The Morgan fingerprint density at radius 1 is 1.09 bits per heavy atom. The van der Waals surface area contributed by atoms with Crippen LogP contribution in [0.25, 0.3) is 5.57 Å². The molecular weight excluding hydrogens is 286 g/mol. The molecule has 3 nitrogen and oxygen atoms in total. The maximum absolute atomic E-state index is 12.3. The minimum Gasteiger partial charge on any atom is -0.463 e. The summed E-state index contributed by atoms with van der Waals surface area (Å²) < 4.78 is 5.27. The van der Waals surface area contributed by atoms with Crippen molar-refractivity contribution in [3.8, 4) is 0 Å². The average Bonchev–Trinajstić information content (AvgIpc) is 2.63. The number of benzene rings is 1. The van der Waals surface area contributed by atoms with Crippen LogP contribution in [0.4, 0.5) is 0 Å². The van der Waals surface area contributed by atoms with Gasteiger partial charge in [0, 0.05) is 24.4 Å². The van der Waals surface area contributed by atoms with Gasteiger partial charge in [-0.05, 0) is 56.2 Å². The SMILES string of the molecule is CCOC(=O)C1=C(c2ccccc2)C=C(N2CCCCC2)CC1. The zero-order valence-electron chi connectivity index (χ0n) is 13.9. The van der Waals surface area contributed by atoms with Crippen molar-refractivity contribution in [1.29, 1.82) is 0 Å². The molecule has 23 heavy (non-hydrogen) atoms. The molecule has 0 amide bonds. The zero-order valence-corrected chi connectivity index (χ0v) is 13.9. The minimum atomic E-state index is -0.166. The molecule has 1 aromatic carbocycles. The van der Waals surface area contributed by atoms with Crippen LogP contribution >= 0.6 is 0 Å². The van der Waals surface area contributed by atoms with E-state index in [1.54, 1.807) is 0 Å². The van der Waals surface area contributed by atoms with E-state index in [2.05, 4.69) is 23.1 Å². The maximum atomic E-state index is 12.3. The number of rotatable bonds is 4. The van der Waals surface area contributed by atoms with E-state index in [4.69, 9.17) is 4.74 Å². The highest BCUT2D eigenvalue weighted by Gasteiger charge is 2.24. The molecule has 1 aromatic rings. The van der Waals surface area contributed by atoms with Crippen molar-refractivity contribution in [3.63, 3.8) is 0 Å². The molecule has 1 fully saturated rings. The van der Waals surface area contributed by atoms with Crippen LogP contribution in [0.15, 0.2) is 47.7 Å². The molecule has 1 heterocycles. The minimum absolute atomic E-state index is 0.166. The number of nitrogens with zero attached hydrogens (tertiary/aromatic N) is 1. The second-order valence-electron chi connectivity index (χ2n) is 6.16. The summed E-state index contributed by atoms with van der Waals surface area (Å²) in [5.74, 6) is -0.166. The topological polar surface area (TPSA) is 29.5 Å². The van der Waals surface area contributed by atoms with Gasteiger partial charge in [-0.25, -0.2) is 4.79 Å². The van der Waals surface area contributed by atoms with Gasteiger partial charge in [0.25, 0.3) is 0 Å². The van der Waals surface area contributed by atoms with Crippen molar-refractivity contribution >= 4 is 11.5 Å². The number of esters is 1. The molecule has 3 rings (SSSR count). The molecular formula is C20H25NO2. The van der Waals surface area contributed by atoms with Crippen LogP contribution in [0.1, 0.15) is 44.6 Å². The van der Waals surface area contributed by atoms with Crippen LogP contribution in [0, 0.1) is 0 Å². The monoisotopic (exact) mass is 311 g/mol. The Kier molecular flexibility index (Phi) is 5.16. The van der Waals surface area contributed by atoms with Gasteiger partial charge in [0.1, 0.15) is 0 Å². The first-order chi connectivity index (χ1) is 11.3. The number of carbonyl (C=O) groups is 1. The van der Waals surface area contributed by atoms with Crippen LogP contribution in [-0.2, 0) is 9.53 Å². The molecule has 0 bridgehead atoms. The number of carbonyl (C=O) groups excluding carboxylic acids is 1. The van der Waals surface area contributed by atoms with E-state index < -0.39 is 0 Å². The number of piperidine rings is 1. The molecule has 1 aliphatic heterocycles. The zero-order chi connectivity index (χ0) is 16.1. The highest BCUT2D eigenvalue weighted by atomic mass is 16.5. The van der Waals surface area contributed by atoms with Gasteiger partial charge in [-0.15, -0.1) is 0 Å². The largest absolute Gasteiger partial charge is 0.463 e. The highest BCUT2D eigenvalue weighted by Crippen LogP contribution is 2.34. The molecule has 0 atom stereocenters. The third-order valence-corrected chi connectivity index (χ3v) is 4.64. The van der Waals surface area contributed by atoms with Gasteiger partial charge < -0.3 is 9.64 Å². The lowest BCUT2D eigenvalue weighted by Crippen LogP contribution is -2.30. The second kappa shape index (κ2) is 7.49. The fourth-order valence-electron chi connectivity index (χ4n) is 3.45. The summed E-state index contributed by atoms with van der Waals surface area (Å²) in [7, 11) is 0. The van der Waals surface area contributed by atoms with Crippen molar-refractivity contribution in [3.05, 3.63) is 53.2 Å². The standard InChI is InChI=1S/C20H25NO2/c1-2-23-20(22)18-12-11-17(21-13-7-4-8-14-21)15-19(18)16-9-5-3-6-10-16/h3,5-6,9-10,15H,2,4,7-8,11-14H2,1H3. The first kappa shape index (κ1) is 15.9. The van der Waals surface area contributed by atoms with Gasteiger partial charge >= 0.3 is 5.97 Å². The molecule has 0 unspecified atom stereocenters. The summed E-state index contributed by atoms with van der Waals surface area (Å²) in [4.78, 5) is 14.8. The van der Waals surface area contributed by atoms with E-state index in [-0.39, 0.29) is 5.97 Å². The second-order valence-corrected chi connectivity index (χ2v) is 6.16. The van der Waals surface area contributed by atoms with Crippen molar-refractivity contribution in [1.82, 2.24) is 4.90 Å². The van der Waals surface area contributed by atoms with E-state index in [0.29, 0.717) is 6.61 Å². The van der Waals surface area contributed by atoms with Crippen molar-refractivity contribution in [2.24, 2.45) is 0 Å². The fourth-order valence-corrected chi connectivity index (χ4v) is 3.45. The van der Waals surface area contributed by atoms with E-state index in [1.807, 2.05) is 25.1 Å². The molecule has 3 heteroatoms. The summed E-state index contributed by atoms with van der Waals surface area (Å²) in [6.07, 6.45) is 7.80. The van der Waals surface area contributed by atoms with Gasteiger partial charge in [0.2, 0.25) is 0 Å². The quantitative estimate of drug-likeness (QED) is 0.782. The van der Waals surface area contributed by atoms with Crippen molar-refractivity contribution in [2.75, 3.05) is 19.7 Å². The highest BCUT2D eigenvalue weighted by molar-refractivity contribution is 6.00.